The molecule has 4 heteroatoms. The quantitative estimate of drug-likeness (QED) is 0.830. The van der Waals surface area contributed by atoms with Gasteiger partial charge in [-0.1, -0.05) is 44.2 Å². The SMILES string of the molecule is CC(CC(F)(F)F)NC(c1ccccc1)C(C)C. The smallest absolute Gasteiger partial charge is 0.307 e. The van der Waals surface area contributed by atoms with E-state index in [1.165, 1.54) is 0 Å². The van der Waals surface area contributed by atoms with Gasteiger partial charge in [-0.2, -0.15) is 13.2 Å². The number of halogens is 3. The minimum absolute atomic E-state index is 0.0523. The fourth-order valence-corrected chi connectivity index (χ4v) is 2.05. The number of nitrogens with one attached hydrogen (secondary N) is 1. The summed E-state index contributed by atoms with van der Waals surface area (Å²) >= 11 is 0. The summed E-state index contributed by atoms with van der Waals surface area (Å²) < 4.78 is 37.0. The van der Waals surface area contributed by atoms with E-state index in [9.17, 15) is 13.2 Å². The van der Waals surface area contributed by atoms with Gasteiger partial charge in [-0.15, -0.1) is 0 Å². The summed E-state index contributed by atoms with van der Waals surface area (Å²) in [6, 6.07) is 8.96. The highest BCUT2D eigenvalue weighted by molar-refractivity contribution is 5.19. The van der Waals surface area contributed by atoms with Crippen molar-refractivity contribution < 1.29 is 13.2 Å². The van der Waals surface area contributed by atoms with Gasteiger partial charge >= 0.3 is 6.18 Å². The van der Waals surface area contributed by atoms with Crippen LogP contribution in [-0.4, -0.2) is 12.2 Å². The van der Waals surface area contributed by atoms with Crippen molar-refractivity contribution in [1.29, 1.82) is 0 Å². The molecule has 0 radical (unpaired) electrons. The molecule has 18 heavy (non-hydrogen) atoms. The summed E-state index contributed by atoms with van der Waals surface area (Å²) in [6.07, 6.45) is -4.92. The van der Waals surface area contributed by atoms with Crippen molar-refractivity contribution in [2.45, 2.75) is 45.5 Å². The summed E-state index contributed by atoms with van der Waals surface area (Å²) in [5.74, 6) is 0.239. The highest BCUT2D eigenvalue weighted by Crippen LogP contribution is 2.26. The Labute approximate surface area is 106 Å². The number of hydrogen-bond acceptors (Lipinski definition) is 1. The molecule has 1 N–H and O–H groups in total. The predicted octanol–water partition coefficient (Wildman–Crippen LogP) is 4.31. The summed E-state index contributed by atoms with van der Waals surface area (Å²) in [6.45, 7) is 5.59. The molecule has 0 saturated heterocycles. The Hall–Kier alpha value is -1.03. The van der Waals surface area contributed by atoms with Crippen LogP contribution in [0.2, 0.25) is 0 Å². The molecule has 0 aliphatic rings. The Kier molecular flexibility index (Phi) is 5.20. The fourth-order valence-electron chi connectivity index (χ4n) is 2.05. The summed E-state index contributed by atoms with van der Waals surface area (Å²) in [5, 5.41) is 3.07. The molecule has 1 aromatic rings. The van der Waals surface area contributed by atoms with Crippen molar-refractivity contribution in [3.63, 3.8) is 0 Å². The molecule has 1 aromatic carbocycles. The summed E-state index contributed by atoms with van der Waals surface area (Å²) in [5.41, 5.74) is 1.03. The zero-order valence-electron chi connectivity index (χ0n) is 11.0. The molecule has 0 fully saturated rings. The molecule has 1 rings (SSSR count). The Morgan fingerprint density at radius 3 is 2.06 bits per heavy atom. The van der Waals surface area contributed by atoms with Gasteiger partial charge in [-0.3, -0.25) is 0 Å². The second kappa shape index (κ2) is 6.23. The third kappa shape index (κ3) is 5.08. The van der Waals surface area contributed by atoms with E-state index in [-0.39, 0.29) is 12.0 Å². The molecule has 0 aromatic heterocycles. The lowest BCUT2D eigenvalue weighted by molar-refractivity contribution is -0.139. The first-order chi connectivity index (χ1) is 8.29. The Morgan fingerprint density at radius 2 is 1.61 bits per heavy atom. The third-order valence-corrected chi connectivity index (χ3v) is 2.83. The van der Waals surface area contributed by atoms with Gasteiger partial charge in [0.05, 0.1) is 6.42 Å². The van der Waals surface area contributed by atoms with E-state index in [0.717, 1.165) is 5.56 Å². The van der Waals surface area contributed by atoms with Gasteiger partial charge in [0, 0.05) is 12.1 Å². The average Bonchev–Trinajstić information content (AvgIpc) is 2.24. The number of benzene rings is 1. The van der Waals surface area contributed by atoms with E-state index >= 15 is 0 Å². The maximum absolute atomic E-state index is 12.3. The van der Waals surface area contributed by atoms with Gasteiger partial charge in [0.25, 0.3) is 0 Å². The molecule has 0 aliphatic carbocycles. The zero-order valence-corrected chi connectivity index (χ0v) is 11.0. The van der Waals surface area contributed by atoms with Crippen molar-refractivity contribution in [2.24, 2.45) is 5.92 Å². The van der Waals surface area contributed by atoms with Crippen LogP contribution in [-0.2, 0) is 0 Å². The highest BCUT2D eigenvalue weighted by atomic mass is 19.4. The van der Waals surface area contributed by atoms with Crippen molar-refractivity contribution >= 4 is 0 Å². The van der Waals surface area contributed by atoms with E-state index in [1.54, 1.807) is 6.92 Å². The van der Waals surface area contributed by atoms with E-state index < -0.39 is 18.6 Å². The van der Waals surface area contributed by atoms with Crippen LogP contribution >= 0.6 is 0 Å². The molecule has 0 aliphatic heterocycles. The molecule has 2 unspecified atom stereocenters. The van der Waals surface area contributed by atoms with Crippen LogP contribution in [0.4, 0.5) is 13.2 Å². The van der Waals surface area contributed by atoms with Gasteiger partial charge < -0.3 is 5.32 Å². The molecular weight excluding hydrogens is 239 g/mol. The van der Waals surface area contributed by atoms with E-state index in [1.807, 2.05) is 44.2 Å². The van der Waals surface area contributed by atoms with Gasteiger partial charge in [-0.05, 0) is 18.4 Å². The lowest BCUT2D eigenvalue weighted by Gasteiger charge is -2.27. The normalized spacial score (nSPS) is 15.7. The summed E-state index contributed by atoms with van der Waals surface area (Å²) in [7, 11) is 0. The number of rotatable bonds is 5. The topological polar surface area (TPSA) is 12.0 Å². The molecule has 0 amide bonds. The van der Waals surface area contributed by atoms with Crippen molar-refractivity contribution in [3.05, 3.63) is 35.9 Å². The molecule has 0 bridgehead atoms. The molecule has 0 spiro atoms. The van der Waals surface area contributed by atoms with Crippen molar-refractivity contribution in [2.75, 3.05) is 0 Å². The standard InChI is InChI=1S/C14H20F3N/c1-10(2)13(12-7-5-4-6-8-12)18-11(3)9-14(15,16)17/h4-8,10-11,13,18H,9H2,1-3H3. The second-order valence-corrected chi connectivity index (χ2v) is 5.02. The van der Waals surface area contributed by atoms with Crippen LogP contribution in [0.15, 0.2) is 30.3 Å². The summed E-state index contributed by atoms with van der Waals surface area (Å²) in [4.78, 5) is 0. The van der Waals surface area contributed by atoms with Crippen LogP contribution in [0.1, 0.15) is 38.8 Å². The molecule has 0 saturated carbocycles. The Morgan fingerprint density at radius 1 is 1.06 bits per heavy atom. The first kappa shape index (κ1) is 15.0. The largest absolute Gasteiger partial charge is 0.390 e. The molecule has 2 atom stereocenters. The number of alkyl halides is 3. The molecule has 102 valence electrons. The maximum atomic E-state index is 12.3. The lowest BCUT2D eigenvalue weighted by atomic mass is 9.95. The minimum Gasteiger partial charge on any atom is -0.307 e. The predicted molar refractivity (Wildman–Crippen MR) is 67.3 cm³/mol. The monoisotopic (exact) mass is 259 g/mol. The zero-order chi connectivity index (χ0) is 13.8. The molecular formula is C14H20F3N. The first-order valence-electron chi connectivity index (χ1n) is 6.17. The minimum atomic E-state index is -4.12. The van der Waals surface area contributed by atoms with E-state index in [0.29, 0.717) is 0 Å². The van der Waals surface area contributed by atoms with Gasteiger partial charge in [0.1, 0.15) is 0 Å². The number of hydrogen-bond donors (Lipinski definition) is 1. The maximum Gasteiger partial charge on any atom is 0.390 e. The van der Waals surface area contributed by atoms with Gasteiger partial charge in [0.15, 0.2) is 0 Å². The Balaban J connectivity index is 2.70. The van der Waals surface area contributed by atoms with Crippen molar-refractivity contribution in [3.8, 4) is 0 Å². The van der Waals surface area contributed by atoms with E-state index in [4.69, 9.17) is 0 Å². The van der Waals surface area contributed by atoms with Crippen LogP contribution in [0.3, 0.4) is 0 Å². The van der Waals surface area contributed by atoms with Crippen molar-refractivity contribution in [1.82, 2.24) is 5.32 Å². The van der Waals surface area contributed by atoms with Crippen LogP contribution in [0.25, 0.3) is 0 Å². The Bertz CT molecular complexity index is 346. The highest BCUT2D eigenvalue weighted by Gasteiger charge is 2.31. The van der Waals surface area contributed by atoms with E-state index in [2.05, 4.69) is 5.32 Å². The van der Waals surface area contributed by atoms with Crippen LogP contribution in [0.5, 0.6) is 0 Å². The van der Waals surface area contributed by atoms with Crippen LogP contribution in [0, 0.1) is 5.92 Å². The third-order valence-electron chi connectivity index (χ3n) is 2.83. The van der Waals surface area contributed by atoms with Crippen LogP contribution < -0.4 is 5.32 Å². The second-order valence-electron chi connectivity index (χ2n) is 5.02. The van der Waals surface area contributed by atoms with Gasteiger partial charge in [0.2, 0.25) is 0 Å². The lowest BCUT2D eigenvalue weighted by Crippen LogP contribution is -2.36. The fraction of sp³-hybridized carbons (Fsp3) is 0.571. The van der Waals surface area contributed by atoms with Gasteiger partial charge in [-0.25, -0.2) is 0 Å². The first-order valence-corrected chi connectivity index (χ1v) is 6.17. The average molecular weight is 259 g/mol. The molecule has 1 nitrogen and oxygen atoms in total. The molecule has 0 heterocycles.